The Kier molecular flexibility index (Phi) is 4.97. The minimum Gasteiger partial charge on any atom is -0.488 e. The van der Waals surface area contributed by atoms with Gasteiger partial charge in [-0.1, -0.05) is 6.07 Å². The topological polar surface area (TPSA) is 89.7 Å². The molecule has 0 unspecified atom stereocenters. The van der Waals surface area contributed by atoms with Crippen molar-refractivity contribution in [2.24, 2.45) is 18.9 Å². The molecule has 2 heterocycles. The highest BCUT2D eigenvalue weighted by atomic mass is 16.5. The van der Waals surface area contributed by atoms with Crippen LogP contribution >= 0.6 is 0 Å². The number of esters is 1. The predicted molar refractivity (Wildman–Crippen MR) is 102 cm³/mol. The quantitative estimate of drug-likeness (QED) is 0.798. The van der Waals surface area contributed by atoms with E-state index in [-0.39, 0.29) is 6.10 Å². The molecule has 8 nitrogen and oxygen atoms in total. The number of carbonyl (C=O) groups excluding carboxylic acids is 1. The lowest BCUT2D eigenvalue weighted by molar-refractivity contribution is -0.0231. The Hall–Kier alpha value is -2.61. The van der Waals surface area contributed by atoms with Crippen LogP contribution in [0, 0.1) is 18.8 Å². The van der Waals surface area contributed by atoms with Crippen molar-refractivity contribution in [3.63, 3.8) is 0 Å². The van der Waals surface area contributed by atoms with Crippen molar-refractivity contribution in [3.05, 3.63) is 35.7 Å². The lowest BCUT2D eigenvalue weighted by atomic mass is 9.78. The van der Waals surface area contributed by atoms with E-state index >= 15 is 0 Å². The third kappa shape index (κ3) is 3.56. The number of fused-ring (bicyclic) bond motifs is 1. The number of benzene rings is 1. The van der Waals surface area contributed by atoms with Gasteiger partial charge in [0.2, 0.25) is 5.95 Å². The molecule has 8 heteroatoms. The number of anilines is 1. The Balaban J connectivity index is 1.45. The van der Waals surface area contributed by atoms with E-state index in [1.165, 1.54) is 7.11 Å². The highest BCUT2D eigenvalue weighted by molar-refractivity contribution is 5.89. The number of rotatable bonds is 4. The Morgan fingerprint density at radius 2 is 2.00 bits per heavy atom. The van der Waals surface area contributed by atoms with E-state index in [1.54, 1.807) is 24.3 Å². The number of aryl methyl sites for hydroxylation is 2. The standard InChI is InChI=1S/C20H26N4O4/c1-12-21-20(23(2)22-12)24-10-14-8-17(25)18(9-15(14)11-24)28-16-6-4-5-13(7-16)19(26)27-3/h4-7,14-15,17-18,25H,8-11H2,1-3H3/t14-,15+,17+,18+/m0/s1. The first-order valence-corrected chi connectivity index (χ1v) is 9.60. The van der Waals surface area contributed by atoms with Crippen molar-refractivity contribution in [1.82, 2.24) is 14.8 Å². The normalized spacial score (nSPS) is 26.8. The molecule has 1 N–H and O–H groups in total. The molecule has 4 rings (SSSR count). The zero-order valence-corrected chi connectivity index (χ0v) is 16.4. The summed E-state index contributed by atoms with van der Waals surface area (Å²) in [6, 6.07) is 6.90. The zero-order chi connectivity index (χ0) is 19.8. The van der Waals surface area contributed by atoms with Gasteiger partial charge in [0.1, 0.15) is 17.7 Å². The highest BCUT2D eigenvalue weighted by Gasteiger charge is 2.43. The summed E-state index contributed by atoms with van der Waals surface area (Å²) < 4.78 is 12.6. The van der Waals surface area contributed by atoms with Crippen LogP contribution in [0.1, 0.15) is 29.0 Å². The van der Waals surface area contributed by atoms with Gasteiger partial charge in [-0.25, -0.2) is 9.48 Å². The van der Waals surface area contributed by atoms with Crippen LogP contribution in [0.15, 0.2) is 24.3 Å². The van der Waals surface area contributed by atoms with Gasteiger partial charge < -0.3 is 19.5 Å². The number of ether oxygens (including phenoxy) is 2. The summed E-state index contributed by atoms with van der Waals surface area (Å²) in [5.74, 6) is 2.65. The fourth-order valence-corrected chi connectivity index (χ4v) is 4.45. The Morgan fingerprint density at radius 3 is 2.68 bits per heavy atom. The third-order valence-electron chi connectivity index (χ3n) is 5.76. The summed E-state index contributed by atoms with van der Waals surface area (Å²) in [5, 5.41) is 15.0. The van der Waals surface area contributed by atoms with Crippen LogP contribution in [0.3, 0.4) is 0 Å². The smallest absolute Gasteiger partial charge is 0.337 e. The van der Waals surface area contributed by atoms with Gasteiger partial charge in [0.05, 0.1) is 18.8 Å². The van der Waals surface area contributed by atoms with Crippen LogP contribution in [-0.2, 0) is 11.8 Å². The van der Waals surface area contributed by atoms with E-state index < -0.39 is 12.1 Å². The molecule has 1 saturated heterocycles. The van der Waals surface area contributed by atoms with Crippen molar-refractivity contribution in [3.8, 4) is 5.75 Å². The van der Waals surface area contributed by atoms with Crippen molar-refractivity contribution >= 4 is 11.9 Å². The van der Waals surface area contributed by atoms with E-state index in [1.807, 2.05) is 18.7 Å². The fraction of sp³-hybridized carbons (Fsp3) is 0.550. The molecule has 0 radical (unpaired) electrons. The van der Waals surface area contributed by atoms with Crippen LogP contribution < -0.4 is 9.64 Å². The molecule has 1 aromatic carbocycles. The number of methoxy groups -OCH3 is 1. The molecule has 0 amide bonds. The van der Waals surface area contributed by atoms with Crippen molar-refractivity contribution < 1.29 is 19.4 Å². The average Bonchev–Trinajstić information content (AvgIpc) is 3.23. The molecule has 1 aromatic heterocycles. The van der Waals surface area contributed by atoms with Gasteiger partial charge in [-0.3, -0.25) is 0 Å². The Bertz CT molecular complexity index is 868. The Labute approximate surface area is 164 Å². The van der Waals surface area contributed by atoms with E-state index in [4.69, 9.17) is 9.47 Å². The molecule has 0 bridgehead atoms. The van der Waals surface area contributed by atoms with E-state index in [9.17, 15) is 9.90 Å². The average molecular weight is 386 g/mol. The SMILES string of the molecule is COC(=O)c1cccc(O[C@@H]2C[C@@H]3CN(c4nc(C)nn4C)C[C@@H]3C[C@H]2O)c1. The number of nitrogens with zero attached hydrogens (tertiary/aromatic N) is 4. The maximum absolute atomic E-state index is 11.7. The van der Waals surface area contributed by atoms with Crippen LogP contribution in [0.4, 0.5) is 5.95 Å². The molecular formula is C20H26N4O4. The third-order valence-corrected chi connectivity index (χ3v) is 5.76. The second-order valence-corrected chi connectivity index (χ2v) is 7.72. The largest absolute Gasteiger partial charge is 0.488 e. The molecule has 28 heavy (non-hydrogen) atoms. The van der Waals surface area contributed by atoms with Gasteiger partial charge in [0.15, 0.2) is 0 Å². The lowest BCUT2D eigenvalue weighted by Crippen LogP contribution is -2.42. The summed E-state index contributed by atoms with van der Waals surface area (Å²) >= 11 is 0. The van der Waals surface area contributed by atoms with Crippen LogP contribution in [-0.4, -0.2) is 58.2 Å². The number of hydrogen-bond acceptors (Lipinski definition) is 7. The molecular weight excluding hydrogens is 360 g/mol. The van der Waals surface area contributed by atoms with Crippen LogP contribution in [0.2, 0.25) is 0 Å². The number of aliphatic hydroxyl groups excluding tert-OH is 1. The maximum Gasteiger partial charge on any atom is 0.337 e. The van der Waals surface area contributed by atoms with E-state index in [2.05, 4.69) is 15.0 Å². The minimum absolute atomic E-state index is 0.296. The van der Waals surface area contributed by atoms with Gasteiger partial charge in [0.25, 0.3) is 0 Å². The summed E-state index contributed by atoms with van der Waals surface area (Å²) in [6.07, 6.45) is 0.626. The van der Waals surface area contributed by atoms with Gasteiger partial charge in [-0.2, -0.15) is 10.1 Å². The van der Waals surface area contributed by atoms with E-state index in [0.717, 1.165) is 31.3 Å². The minimum atomic E-state index is -0.538. The molecule has 0 spiro atoms. The maximum atomic E-state index is 11.7. The van der Waals surface area contributed by atoms with Gasteiger partial charge >= 0.3 is 5.97 Å². The zero-order valence-electron chi connectivity index (χ0n) is 16.4. The van der Waals surface area contributed by atoms with Gasteiger partial charge in [-0.05, 0) is 49.8 Å². The van der Waals surface area contributed by atoms with E-state index in [0.29, 0.717) is 29.6 Å². The first-order valence-electron chi connectivity index (χ1n) is 9.60. The monoisotopic (exact) mass is 386 g/mol. The number of hydrogen-bond donors (Lipinski definition) is 1. The summed E-state index contributed by atoms with van der Waals surface area (Å²) in [5.41, 5.74) is 0.438. The second-order valence-electron chi connectivity index (χ2n) is 7.72. The number of carbonyl (C=O) groups is 1. The first-order chi connectivity index (χ1) is 13.4. The van der Waals surface area contributed by atoms with Crippen molar-refractivity contribution in [2.75, 3.05) is 25.1 Å². The Morgan fingerprint density at radius 1 is 1.25 bits per heavy atom. The summed E-state index contributed by atoms with van der Waals surface area (Å²) in [6.45, 7) is 3.65. The highest BCUT2D eigenvalue weighted by Crippen LogP contribution is 2.39. The molecule has 1 saturated carbocycles. The fourth-order valence-electron chi connectivity index (χ4n) is 4.45. The molecule has 2 fully saturated rings. The molecule has 2 aliphatic rings. The second kappa shape index (κ2) is 7.43. The molecule has 1 aliphatic heterocycles. The van der Waals surface area contributed by atoms with Gasteiger partial charge in [0, 0.05) is 20.1 Å². The lowest BCUT2D eigenvalue weighted by Gasteiger charge is -2.35. The molecule has 1 aliphatic carbocycles. The molecule has 2 aromatic rings. The van der Waals surface area contributed by atoms with Crippen molar-refractivity contribution in [2.45, 2.75) is 32.0 Å². The summed E-state index contributed by atoms with van der Waals surface area (Å²) in [7, 11) is 3.26. The first kappa shape index (κ1) is 18.7. The predicted octanol–water partition coefficient (Wildman–Crippen LogP) is 1.56. The summed E-state index contributed by atoms with van der Waals surface area (Å²) in [4.78, 5) is 18.5. The van der Waals surface area contributed by atoms with Gasteiger partial charge in [-0.15, -0.1) is 0 Å². The van der Waals surface area contributed by atoms with Crippen LogP contribution in [0.5, 0.6) is 5.75 Å². The molecule has 150 valence electrons. The number of aliphatic hydroxyl groups is 1. The van der Waals surface area contributed by atoms with Crippen molar-refractivity contribution in [1.29, 1.82) is 0 Å². The molecule has 4 atom stereocenters. The van der Waals surface area contributed by atoms with Crippen LogP contribution in [0.25, 0.3) is 0 Å². The number of aromatic nitrogens is 3.